The number of carbonyl (C=O) groups excluding carboxylic acids is 2. The van der Waals surface area contributed by atoms with Crippen LogP contribution in [0.15, 0.2) is 18.2 Å². The maximum atomic E-state index is 11.9. The molecule has 1 aromatic rings. The molecular formula is C16H26ClN3O3. The van der Waals surface area contributed by atoms with Crippen LogP contribution in [0.4, 0.5) is 5.69 Å². The number of aryl methyl sites for hydroxylation is 1. The van der Waals surface area contributed by atoms with Gasteiger partial charge in [0.2, 0.25) is 5.91 Å². The Morgan fingerprint density at radius 3 is 2.43 bits per heavy atom. The first-order valence-corrected chi connectivity index (χ1v) is 7.31. The van der Waals surface area contributed by atoms with Crippen molar-refractivity contribution in [2.24, 2.45) is 5.73 Å². The van der Waals surface area contributed by atoms with Crippen molar-refractivity contribution in [3.05, 3.63) is 29.3 Å². The number of amides is 2. The predicted molar refractivity (Wildman–Crippen MR) is 94.1 cm³/mol. The predicted octanol–water partition coefficient (Wildman–Crippen LogP) is 1.86. The van der Waals surface area contributed by atoms with E-state index >= 15 is 0 Å². The van der Waals surface area contributed by atoms with E-state index in [0.717, 1.165) is 5.56 Å². The van der Waals surface area contributed by atoms with E-state index in [4.69, 9.17) is 10.5 Å². The van der Waals surface area contributed by atoms with Gasteiger partial charge in [0.15, 0.2) is 0 Å². The molecule has 4 N–H and O–H groups in total. The molecule has 0 fully saturated rings. The maximum absolute atomic E-state index is 11.9. The molecule has 0 aromatic heterocycles. The number of nitrogens with one attached hydrogen (secondary N) is 2. The Labute approximate surface area is 143 Å². The summed E-state index contributed by atoms with van der Waals surface area (Å²) in [5, 5.41) is 5.64. The van der Waals surface area contributed by atoms with Gasteiger partial charge in [-0.25, -0.2) is 0 Å². The van der Waals surface area contributed by atoms with Crippen molar-refractivity contribution in [3.8, 4) is 0 Å². The molecule has 0 saturated carbocycles. The van der Waals surface area contributed by atoms with Crippen LogP contribution in [0.25, 0.3) is 0 Å². The molecule has 0 radical (unpaired) electrons. The Kier molecular flexibility index (Phi) is 9.48. The highest BCUT2D eigenvalue weighted by Gasteiger charge is 2.13. The molecule has 130 valence electrons. The highest BCUT2D eigenvalue weighted by Crippen LogP contribution is 2.17. The topological polar surface area (TPSA) is 93.4 Å². The lowest BCUT2D eigenvalue weighted by atomic mass is 10.1. The van der Waals surface area contributed by atoms with E-state index in [0.29, 0.717) is 11.3 Å². The van der Waals surface area contributed by atoms with Crippen molar-refractivity contribution >= 4 is 29.9 Å². The SMILES string of the molecule is COC(CN)CC(=O)Nc1ccc(C(=O)NC(C)C)cc1C.Cl. The summed E-state index contributed by atoms with van der Waals surface area (Å²) in [5.74, 6) is -0.293. The van der Waals surface area contributed by atoms with Gasteiger partial charge < -0.3 is 21.1 Å². The largest absolute Gasteiger partial charge is 0.380 e. The van der Waals surface area contributed by atoms with E-state index in [1.807, 2.05) is 20.8 Å². The molecule has 1 unspecified atom stereocenters. The summed E-state index contributed by atoms with van der Waals surface area (Å²) in [5.41, 5.74) is 7.57. The number of hydrogen-bond donors (Lipinski definition) is 3. The van der Waals surface area contributed by atoms with Crippen LogP contribution in [-0.2, 0) is 9.53 Å². The van der Waals surface area contributed by atoms with Crippen molar-refractivity contribution in [1.29, 1.82) is 0 Å². The van der Waals surface area contributed by atoms with Gasteiger partial charge in [-0.2, -0.15) is 0 Å². The van der Waals surface area contributed by atoms with Crippen LogP contribution in [0.1, 0.15) is 36.2 Å². The van der Waals surface area contributed by atoms with E-state index < -0.39 is 0 Å². The molecule has 1 rings (SSSR count). The molecular weight excluding hydrogens is 318 g/mol. The highest BCUT2D eigenvalue weighted by molar-refractivity contribution is 5.96. The third-order valence-corrected chi connectivity index (χ3v) is 3.19. The average Bonchev–Trinajstić information content (AvgIpc) is 2.46. The molecule has 0 aliphatic rings. The summed E-state index contributed by atoms with van der Waals surface area (Å²) in [7, 11) is 1.53. The summed E-state index contributed by atoms with van der Waals surface area (Å²) in [6, 6.07) is 5.25. The zero-order valence-corrected chi connectivity index (χ0v) is 14.8. The van der Waals surface area contributed by atoms with Gasteiger partial charge in [-0.1, -0.05) is 0 Å². The van der Waals surface area contributed by atoms with Gasteiger partial charge in [-0.3, -0.25) is 9.59 Å². The summed E-state index contributed by atoms with van der Waals surface area (Å²) in [6.45, 7) is 5.95. The maximum Gasteiger partial charge on any atom is 0.251 e. The minimum atomic E-state index is -0.295. The zero-order valence-electron chi connectivity index (χ0n) is 14.0. The molecule has 2 amide bonds. The van der Waals surface area contributed by atoms with Crippen molar-refractivity contribution in [1.82, 2.24) is 5.32 Å². The van der Waals surface area contributed by atoms with E-state index in [-0.39, 0.29) is 49.3 Å². The summed E-state index contributed by atoms with van der Waals surface area (Å²) in [6.07, 6.45) is -0.0985. The van der Waals surface area contributed by atoms with Crippen LogP contribution >= 0.6 is 12.4 Å². The average molecular weight is 344 g/mol. The fourth-order valence-corrected chi connectivity index (χ4v) is 1.96. The minimum absolute atomic E-state index is 0. The Morgan fingerprint density at radius 1 is 1.30 bits per heavy atom. The van der Waals surface area contributed by atoms with E-state index in [1.165, 1.54) is 7.11 Å². The second-order valence-electron chi connectivity index (χ2n) is 5.50. The lowest BCUT2D eigenvalue weighted by Crippen LogP contribution is -2.30. The Bertz CT molecular complexity index is 531. The van der Waals surface area contributed by atoms with Crippen LogP contribution in [0, 0.1) is 6.92 Å². The highest BCUT2D eigenvalue weighted by atomic mass is 35.5. The molecule has 0 saturated heterocycles. The number of benzene rings is 1. The second kappa shape index (κ2) is 10.2. The Balaban J connectivity index is 0.00000484. The first-order valence-electron chi connectivity index (χ1n) is 7.31. The molecule has 0 heterocycles. The normalized spacial score (nSPS) is 11.6. The lowest BCUT2D eigenvalue weighted by Gasteiger charge is -2.14. The smallest absolute Gasteiger partial charge is 0.251 e. The van der Waals surface area contributed by atoms with E-state index in [1.54, 1.807) is 18.2 Å². The summed E-state index contributed by atoms with van der Waals surface area (Å²) < 4.78 is 5.09. The van der Waals surface area contributed by atoms with Crippen molar-refractivity contribution in [2.45, 2.75) is 39.3 Å². The van der Waals surface area contributed by atoms with Gasteiger partial charge in [0.1, 0.15) is 0 Å². The molecule has 0 spiro atoms. The van der Waals surface area contributed by atoms with Gasteiger partial charge in [-0.15, -0.1) is 12.4 Å². The number of halogens is 1. The van der Waals surface area contributed by atoms with Crippen LogP contribution < -0.4 is 16.4 Å². The number of rotatable bonds is 7. The van der Waals surface area contributed by atoms with E-state index in [2.05, 4.69) is 10.6 Å². The van der Waals surface area contributed by atoms with E-state index in [9.17, 15) is 9.59 Å². The van der Waals surface area contributed by atoms with Crippen LogP contribution in [-0.4, -0.2) is 37.6 Å². The van der Waals surface area contributed by atoms with Gasteiger partial charge >= 0.3 is 0 Å². The van der Waals surface area contributed by atoms with Crippen molar-refractivity contribution < 1.29 is 14.3 Å². The molecule has 23 heavy (non-hydrogen) atoms. The Hall–Kier alpha value is -1.63. The number of methoxy groups -OCH3 is 1. The van der Waals surface area contributed by atoms with Crippen LogP contribution in [0.3, 0.4) is 0 Å². The fourth-order valence-electron chi connectivity index (χ4n) is 1.96. The third kappa shape index (κ3) is 6.99. The third-order valence-electron chi connectivity index (χ3n) is 3.19. The van der Waals surface area contributed by atoms with Gasteiger partial charge in [0.05, 0.1) is 12.5 Å². The molecule has 0 aliphatic carbocycles. The minimum Gasteiger partial charge on any atom is -0.380 e. The summed E-state index contributed by atoms with van der Waals surface area (Å²) >= 11 is 0. The van der Waals surface area contributed by atoms with Crippen LogP contribution in [0.5, 0.6) is 0 Å². The Morgan fingerprint density at radius 2 is 1.96 bits per heavy atom. The number of carbonyl (C=O) groups is 2. The van der Waals surface area contributed by atoms with Gasteiger partial charge in [-0.05, 0) is 44.5 Å². The number of anilines is 1. The zero-order chi connectivity index (χ0) is 16.7. The molecule has 0 aliphatic heterocycles. The van der Waals surface area contributed by atoms with Crippen molar-refractivity contribution in [3.63, 3.8) is 0 Å². The molecule has 0 bridgehead atoms. The molecule has 1 atom stereocenters. The quantitative estimate of drug-likeness (QED) is 0.704. The number of hydrogen-bond acceptors (Lipinski definition) is 4. The first-order chi connectivity index (χ1) is 10.4. The molecule has 1 aromatic carbocycles. The second-order valence-corrected chi connectivity index (χ2v) is 5.50. The number of nitrogens with two attached hydrogens (primary N) is 1. The van der Waals surface area contributed by atoms with Gasteiger partial charge in [0, 0.05) is 30.9 Å². The van der Waals surface area contributed by atoms with Crippen molar-refractivity contribution in [2.75, 3.05) is 19.0 Å². The standard InChI is InChI=1S/C16H25N3O3.ClH/c1-10(2)18-16(21)12-5-6-14(11(3)7-12)19-15(20)8-13(9-17)22-4;/h5-7,10,13H,8-9,17H2,1-4H3,(H,18,21)(H,19,20);1H. The molecule has 6 nitrogen and oxygen atoms in total. The lowest BCUT2D eigenvalue weighted by molar-refractivity contribution is -0.118. The van der Waals surface area contributed by atoms with Gasteiger partial charge in [0.25, 0.3) is 5.91 Å². The number of ether oxygens (including phenoxy) is 1. The monoisotopic (exact) mass is 343 g/mol. The molecule has 7 heteroatoms. The fraction of sp³-hybridized carbons (Fsp3) is 0.500. The van der Waals surface area contributed by atoms with Crippen LogP contribution in [0.2, 0.25) is 0 Å². The summed E-state index contributed by atoms with van der Waals surface area (Å²) in [4.78, 5) is 23.9. The first kappa shape index (κ1) is 21.4.